The first kappa shape index (κ1) is 13.6. The van der Waals surface area contributed by atoms with E-state index in [9.17, 15) is 9.59 Å². The molecule has 1 aliphatic rings. The second-order valence-electron chi connectivity index (χ2n) is 5.69. The number of nitrogens with zero attached hydrogens (tertiary/aromatic N) is 1. The molecule has 2 aromatic carbocycles. The molecule has 0 saturated carbocycles. The first-order chi connectivity index (χ1) is 9.97. The van der Waals surface area contributed by atoms with Crippen molar-refractivity contribution in [3.8, 4) is 0 Å². The molecule has 0 radical (unpaired) electrons. The summed E-state index contributed by atoms with van der Waals surface area (Å²) in [5.41, 5.74) is 5.44. The van der Waals surface area contributed by atoms with E-state index in [0.29, 0.717) is 12.1 Å². The molecule has 3 heteroatoms. The number of Topliss-reactive ketones (excluding diaryl/α,β-unsaturated/α-hetero) is 1. The molecule has 0 aliphatic carbocycles. The van der Waals surface area contributed by atoms with Gasteiger partial charge in [0.2, 0.25) is 0 Å². The fourth-order valence-corrected chi connectivity index (χ4v) is 2.97. The summed E-state index contributed by atoms with van der Waals surface area (Å²) in [6, 6.07) is 11.8. The van der Waals surface area contributed by atoms with Crippen LogP contribution in [0.15, 0.2) is 36.4 Å². The predicted octanol–water partition coefficient (Wildman–Crippen LogP) is 3.34. The van der Waals surface area contributed by atoms with Crippen molar-refractivity contribution in [2.45, 2.75) is 27.3 Å². The van der Waals surface area contributed by atoms with E-state index in [1.54, 1.807) is 11.0 Å². The van der Waals surface area contributed by atoms with Gasteiger partial charge in [0, 0.05) is 0 Å². The number of carbonyl (C=O) groups excluding carboxylic acids is 2. The van der Waals surface area contributed by atoms with E-state index in [1.807, 2.05) is 51.1 Å². The number of amides is 1. The third-order valence-electron chi connectivity index (χ3n) is 3.82. The molecule has 21 heavy (non-hydrogen) atoms. The SMILES string of the molecule is Cc1cccc(CN2C(=O)C(=O)c3cc(C)cc(C)c32)c1. The Labute approximate surface area is 124 Å². The van der Waals surface area contributed by atoms with Crippen LogP contribution in [0, 0.1) is 20.8 Å². The summed E-state index contributed by atoms with van der Waals surface area (Å²) in [5.74, 6) is -0.829. The van der Waals surface area contributed by atoms with Crippen molar-refractivity contribution in [2.75, 3.05) is 4.90 Å². The zero-order valence-corrected chi connectivity index (χ0v) is 12.4. The number of ketones is 1. The highest BCUT2D eigenvalue weighted by atomic mass is 16.2. The van der Waals surface area contributed by atoms with Gasteiger partial charge in [-0.15, -0.1) is 0 Å². The average Bonchev–Trinajstić information content (AvgIpc) is 2.64. The lowest BCUT2D eigenvalue weighted by molar-refractivity contribution is -0.114. The number of anilines is 1. The van der Waals surface area contributed by atoms with Crippen LogP contribution >= 0.6 is 0 Å². The Balaban J connectivity index is 2.05. The molecular formula is C18H17NO2. The lowest BCUT2D eigenvalue weighted by atomic mass is 10.0. The van der Waals surface area contributed by atoms with Crippen LogP contribution in [0.4, 0.5) is 5.69 Å². The molecule has 3 rings (SSSR count). The molecule has 0 N–H and O–H groups in total. The van der Waals surface area contributed by atoms with Gasteiger partial charge < -0.3 is 4.90 Å². The highest BCUT2D eigenvalue weighted by Crippen LogP contribution is 2.34. The van der Waals surface area contributed by atoms with Gasteiger partial charge in [0.1, 0.15) is 0 Å². The molecule has 0 spiro atoms. The molecule has 1 aliphatic heterocycles. The molecule has 0 atom stereocenters. The van der Waals surface area contributed by atoms with Gasteiger partial charge in [0.15, 0.2) is 0 Å². The molecule has 0 fully saturated rings. The van der Waals surface area contributed by atoms with Gasteiger partial charge in [0.05, 0.1) is 17.8 Å². The Kier molecular flexibility index (Phi) is 3.13. The van der Waals surface area contributed by atoms with Crippen molar-refractivity contribution in [3.63, 3.8) is 0 Å². The molecule has 1 heterocycles. The van der Waals surface area contributed by atoms with Crippen molar-refractivity contribution in [2.24, 2.45) is 0 Å². The fourth-order valence-electron chi connectivity index (χ4n) is 2.97. The van der Waals surface area contributed by atoms with E-state index in [-0.39, 0.29) is 0 Å². The smallest absolute Gasteiger partial charge is 0.299 e. The van der Waals surface area contributed by atoms with Crippen molar-refractivity contribution >= 4 is 17.4 Å². The Hall–Kier alpha value is -2.42. The Morgan fingerprint density at radius 2 is 1.71 bits per heavy atom. The summed E-state index contributed by atoms with van der Waals surface area (Å²) >= 11 is 0. The van der Waals surface area contributed by atoms with Gasteiger partial charge in [0.25, 0.3) is 11.7 Å². The average molecular weight is 279 g/mol. The maximum absolute atomic E-state index is 12.3. The van der Waals surface area contributed by atoms with Crippen LogP contribution in [0.1, 0.15) is 32.6 Å². The van der Waals surface area contributed by atoms with Crippen molar-refractivity contribution in [3.05, 3.63) is 64.2 Å². The van der Waals surface area contributed by atoms with Crippen LogP contribution in [-0.4, -0.2) is 11.7 Å². The van der Waals surface area contributed by atoms with E-state index in [1.165, 1.54) is 0 Å². The minimum absolute atomic E-state index is 0.399. The first-order valence-electron chi connectivity index (χ1n) is 7.00. The standard InChI is InChI=1S/C18H17NO2/c1-11-5-4-6-14(8-11)10-19-16-13(3)7-12(2)9-15(16)17(20)18(19)21/h4-9H,10H2,1-3H3. The zero-order valence-electron chi connectivity index (χ0n) is 12.4. The number of benzene rings is 2. The molecule has 0 saturated heterocycles. The molecule has 2 aromatic rings. The number of rotatable bonds is 2. The fraction of sp³-hybridized carbons (Fsp3) is 0.222. The lowest BCUT2D eigenvalue weighted by Gasteiger charge is -2.19. The van der Waals surface area contributed by atoms with E-state index in [4.69, 9.17) is 0 Å². The van der Waals surface area contributed by atoms with E-state index in [0.717, 1.165) is 27.9 Å². The molecule has 0 unspecified atom stereocenters. The topological polar surface area (TPSA) is 37.4 Å². The molecule has 106 valence electrons. The Morgan fingerprint density at radius 3 is 2.43 bits per heavy atom. The summed E-state index contributed by atoms with van der Waals surface area (Å²) in [7, 11) is 0. The predicted molar refractivity (Wildman–Crippen MR) is 82.6 cm³/mol. The van der Waals surface area contributed by atoms with Crippen molar-refractivity contribution in [1.29, 1.82) is 0 Å². The zero-order chi connectivity index (χ0) is 15.1. The Morgan fingerprint density at radius 1 is 0.952 bits per heavy atom. The number of carbonyl (C=O) groups is 2. The van der Waals surface area contributed by atoms with Crippen molar-refractivity contribution in [1.82, 2.24) is 0 Å². The quantitative estimate of drug-likeness (QED) is 0.791. The molecule has 1 amide bonds. The monoisotopic (exact) mass is 279 g/mol. The van der Waals surface area contributed by atoms with Gasteiger partial charge in [-0.1, -0.05) is 35.9 Å². The number of hydrogen-bond acceptors (Lipinski definition) is 2. The maximum Gasteiger partial charge on any atom is 0.299 e. The molecular weight excluding hydrogens is 262 g/mol. The van der Waals surface area contributed by atoms with E-state index < -0.39 is 11.7 Å². The Bertz CT molecular complexity index is 762. The third kappa shape index (κ3) is 2.25. The van der Waals surface area contributed by atoms with E-state index in [2.05, 4.69) is 0 Å². The highest BCUT2D eigenvalue weighted by Gasteiger charge is 2.36. The van der Waals surface area contributed by atoms with Crippen LogP contribution in [-0.2, 0) is 11.3 Å². The van der Waals surface area contributed by atoms with Crippen LogP contribution in [0.5, 0.6) is 0 Å². The largest absolute Gasteiger partial charge is 0.300 e. The summed E-state index contributed by atoms with van der Waals surface area (Å²) in [6.07, 6.45) is 0. The first-order valence-corrected chi connectivity index (χ1v) is 7.00. The van der Waals surface area contributed by atoms with Gasteiger partial charge in [-0.25, -0.2) is 0 Å². The summed E-state index contributed by atoms with van der Waals surface area (Å²) in [4.78, 5) is 26.1. The minimum atomic E-state index is -0.430. The van der Waals surface area contributed by atoms with Gasteiger partial charge in [-0.2, -0.15) is 0 Å². The minimum Gasteiger partial charge on any atom is -0.300 e. The maximum atomic E-state index is 12.3. The summed E-state index contributed by atoms with van der Waals surface area (Å²) in [5, 5.41) is 0. The van der Waals surface area contributed by atoms with Gasteiger partial charge in [-0.05, 0) is 43.5 Å². The molecule has 0 bridgehead atoms. The highest BCUT2D eigenvalue weighted by molar-refractivity contribution is 6.52. The van der Waals surface area contributed by atoms with Gasteiger partial charge >= 0.3 is 0 Å². The van der Waals surface area contributed by atoms with Crippen molar-refractivity contribution < 1.29 is 9.59 Å². The molecule has 3 nitrogen and oxygen atoms in total. The third-order valence-corrected chi connectivity index (χ3v) is 3.82. The second-order valence-corrected chi connectivity index (χ2v) is 5.69. The summed E-state index contributed by atoms with van der Waals surface area (Å²) < 4.78 is 0. The lowest BCUT2D eigenvalue weighted by Crippen LogP contribution is -2.29. The normalized spacial score (nSPS) is 13.8. The molecule has 0 aromatic heterocycles. The second kappa shape index (κ2) is 4.85. The van der Waals surface area contributed by atoms with E-state index >= 15 is 0 Å². The number of hydrogen-bond donors (Lipinski definition) is 0. The van der Waals surface area contributed by atoms with Crippen LogP contribution in [0.2, 0.25) is 0 Å². The van der Waals surface area contributed by atoms with Crippen LogP contribution in [0.3, 0.4) is 0 Å². The van der Waals surface area contributed by atoms with Crippen LogP contribution < -0.4 is 4.90 Å². The van der Waals surface area contributed by atoms with Crippen LogP contribution in [0.25, 0.3) is 0 Å². The number of fused-ring (bicyclic) bond motifs is 1. The number of aryl methyl sites for hydroxylation is 3. The van der Waals surface area contributed by atoms with Gasteiger partial charge in [-0.3, -0.25) is 9.59 Å². The summed E-state index contributed by atoms with van der Waals surface area (Å²) in [6.45, 7) is 6.33.